The average Bonchev–Trinajstić information content (AvgIpc) is 3.10. The van der Waals surface area contributed by atoms with Crippen molar-refractivity contribution in [3.63, 3.8) is 0 Å². The highest BCUT2D eigenvalue weighted by molar-refractivity contribution is 7.07. The van der Waals surface area contributed by atoms with Gasteiger partial charge in [-0.15, -0.1) is 11.3 Å². The zero-order valence-electron chi connectivity index (χ0n) is 10.5. The number of hydrogen-bond acceptors (Lipinski definition) is 6. The van der Waals surface area contributed by atoms with Gasteiger partial charge in [0.1, 0.15) is 5.69 Å². The lowest BCUT2D eigenvalue weighted by atomic mass is 10.1. The van der Waals surface area contributed by atoms with Gasteiger partial charge in [0.25, 0.3) is 11.8 Å². The van der Waals surface area contributed by atoms with E-state index in [9.17, 15) is 4.79 Å². The Labute approximate surface area is 118 Å². The fraction of sp³-hybridized carbons (Fsp3) is 0.0769. The molecule has 0 saturated carbocycles. The maximum absolute atomic E-state index is 12.0. The van der Waals surface area contributed by atoms with Gasteiger partial charge in [0.2, 0.25) is 0 Å². The summed E-state index contributed by atoms with van der Waals surface area (Å²) in [5, 5.41) is 8.24. The number of carbonyl (C=O) groups is 1. The lowest BCUT2D eigenvalue weighted by Crippen LogP contribution is -2.12. The Kier molecular flexibility index (Phi) is 3.26. The van der Waals surface area contributed by atoms with Crippen LogP contribution in [0.5, 0.6) is 0 Å². The van der Waals surface area contributed by atoms with Crippen molar-refractivity contribution >= 4 is 22.9 Å². The molecule has 0 aliphatic heterocycles. The molecule has 20 heavy (non-hydrogen) atoms. The van der Waals surface area contributed by atoms with Crippen molar-refractivity contribution in [1.29, 1.82) is 0 Å². The summed E-state index contributed by atoms with van der Waals surface area (Å²) in [6.45, 7) is 1.74. The molecule has 0 saturated heterocycles. The van der Waals surface area contributed by atoms with E-state index < -0.39 is 0 Å². The van der Waals surface area contributed by atoms with Gasteiger partial charge in [-0.25, -0.2) is 4.98 Å². The summed E-state index contributed by atoms with van der Waals surface area (Å²) >= 11 is 1.37. The van der Waals surface area contributed by atoms with Crippen LogP contribution in [0.25, 0.3) is 11.5 Å². The third-order valence-electron chi connectivity index (χ3n) is 2.60. The van der Waals surface area contributed by atoms with E-state index in [0.29, 0.717) is 28.7 Å². The number of carbonyl (C=O) groups excluding carboxylic acids is 1. The van der Waals surface area contributed by atoms with Gasteiger partial charge >= 0.3 is 0 Å². The highest BCUT2D eigenvalue weighted by atomic mass is 32.1. The molecule has 7 heteroatoms. The average molecular weight is 286 g/mol. The standard InChI is InChI=1S/C13H10N4O2S/c1-8-15-13(19-17-8)9-4-2-3-5-10(9)16-12(18)11-6-20-7-14-11/h2-7H,1H3,(H,16,18). The largest absolute Gasteiger partial charge is 0.334 e. The van der Waals surface area contributed by atoms with Crippen LogP contribution in [0, 0.1) is 6.92 Å². The maximum Gasteiger partial charge on any atom is 0.275 e. The second-order valence-electron chi connectivity index (χ2n) is 4.02. The number of thiazole rings is 1. The van der Waals surface area contributed by atoms with Crippen molar-refractivity contribution in [2.75, 3.05) is 5.32 Å². The number of aromatic nitrogens is 3. The number of nitrogens with zero attached hydrogens (tertiary/aromatic N) is 3. The maximum atomic E-state index is 12.0. The molecule has 0 spiro atoms. The Balaban J connectivity index is 1.92. The van der Waals surface area contributed by atoms with Crippen LogP contribution in [-0.4, -0.2) is 21.0 Å². The highest BCUT2D eigenvalue weighted by Crippen LogP contribution is 2.26. The molecule has 1 amide bonds. The molecule has 2 heterocycles. The molecule has 1 aromatic carbocycles. The number of rotatable bonds is 3. The SMILES string of the molecule is Cc1noc(-c2ccccc2NC(=O)c2cscn2)n1. The lowest BCUT2D eigenvalue weighted by molar-refractivity contribution is 0.102. The zero-order valence-corrected chi connectivity index (χ0v) is 11.3. The summed E-state index contributed by atoms with van der Waals surface area (Å²) in [5.41, 5.74) is 3.28. The van der Waals surface area contributed by atoms with Crippen LogP contribution in [0.4, 0.5) is 5.69 Å². The van der Waals surface area contributed by atoms with Crippen molar-refractivity contribution in [2.45, 2.75) is 6.92 Å². The van der Waals surface area contributed by atoms with Crippen LogP contribution < -0.4 is 5.32 Å². The zero-order chi connectivity index (χ0) is 13.9. The minimum atomic E-state index is -0.269. The summed E-state index contributed by atoms with van der Waals surface area (Å²) < 4.78 is 5.14. The third-order valence-corrected chi connectivity index (χ3v) is 3.18. The van der Waals surface area contributed by atoms with Crippen LogP contribution in [0.1, 0.15) is 16.3 Å². The second kappa shape index (κ2) is 5.22. The molecule has 1 N–H and O–H groups in total. The number of nitrogens with one attached hydrogen (secondary N) is 1. The smallest absolute Gasteiger partial charge is 0.275 e. The molecule has 0 bridgehead atoms. The molecule has 0 aliphatic carbocycles. The minimum absolute atomic E-state index is 0.269. The van der Waals surface area contributed by atoms with E-state index in [-0.39, 0.29) is 5.91 Å². The number of anilines is 1. The Bertz CT molecular complexity index is 736. The van der Waals surface area contributed by atoms with E-state index in [1.165, 1.54) is 11.3 Å². The molecule has 2 aromatic heterocycles. The van der Waals surface area contributed by atoms with E-state index in [2.05, 4.69) is 20.4 Å². The van der Waals surface area contributed by atoms with Crippen molar-refractivity contribution in [1.82, 2.24) is 15.1 Å². The Hall–Kier alpha value is -2.54. The van der Waals surface area contributed by atoms with Crippen LogP contribution in [-0.2, 0) is 0 Å². The summed E-state index contributed by atoms with van der Waals surface area (Å²) in [6, 6.07) is 7.25. The summed E-state index contributed by atoms with van der Waals surface area (Å²) in [7, 11) is 0. The van der Waals surface area contributed by atoms with E-state index in [1.54, 1.807) is 23.9 Å². The molecule has 100 valence electrons. The fourth-order valence-corrected chi connectivity index (χ4v) is 2.23. The first-order chi connectivity index (χ1) is 9.74. The topological polar surface area (TPSA) is 80.9 Å². The summed E-state index contributed by atoms with van der Waals surface area (Å²) in [5.74, 6) is 0.646. The van der Waals surface area contributed by atoms with Gasteiger partial charge in [-0.3, -0.25) is 4.79 Å². The highest BCUT2D eigenvalue weighted by Gasteiger charge is 2.14. The van der Waals surface area contributed by atoms with Crippen LogP contribution in [0.3, 0.4) is 0 Å². The van der Waals surface area contributed by atoms with Gasteiger partial charge in [0.15, 0.2) is 5.82 Å². The number of benzene rings is 1. The van der Waals surface area contributed by atoms with E-state index in [0.717, 1.165) is 0 Å². The molecule has 0 atom stereocenters. The molecule has 0 fully saturated rings. The van der Waals surface area contributed by atoms with Crippen molar-refractivity contribution in [3.05, 3.63) is 46.7 Å². The van der Waals surface area contributed by atoms with Gasteiger partial charge in [0.05, 0.1) is 16.8 Å². The number of aryl methyl sites for hydroxylation is 1. The number of hydrogen-bond donors (Lipinski definition) is 1. The van der Waals surface area contributed by atoms with Gasteiger partial charge in [-0.1, -0.05) is 17.3 Å². The van der Waals surface area contributed by atoms with Crippen LogP contribution >= 0.6 is 11.3 Å². The molecule has 0 aliphatic rings. The van der Waals surface area contributed by atoms with Crippen molar-refractivity contribution < 1.29 is 9.32 Å². The van der Waals surface area contributed by atoms with Crippen molar-refractivity contribution in [3.8, 4) is 11.5 Å². The predicted octanol–water partition coefficient (Wildman–Crippen LogP) is 2.75. The molecule has 3 rings (SSSR count). The molecule has 6 nitrogen and oxygen atoms in total. The Morgan fingerprint density at radius 1 is 1.35 bits per heavy atom. The number of amides is 1. The number of para-hydroxylation sites is 1. The quantitative estimate of drug-likeness (QED) is 0.800. The minimum Gasteiger partial charge on any atom is -0.334 e. The second-order valence-corrected chi connectivity index (χ2v) is 4.74. The fourth-order valence-electron chi connectivity index (χ4n) is 1.70. The Morgan fingerprint density at radius 2 is 2.20 bits per heavy atom. The van der Waals surface area contributed by atoms with Crippen LogP contribution in [0.2, 0.25) is 0 Å². The van der Waals surface area contributed by atoms with Gasteiger partial charge in [-0.2, -0.15) is 4.98 Å². The molecule has 0 radical (unpaired) electrons. The summed E-state index contributed by atoms with van der Waals surface area (Å²) in [4.78, 5) is 20.2. The molecule has 0 unspecified atom stereocenters. The van der Waals surface area contributed by atoms with E-state index in [1.807, 2.05) is 18.2 Å². The molecular formula is C13H10N4O2S. The predicted molar refractivity (Wildman–Crippen MR) is 74.5 cm³/mol. The van der Waals surface area contributed by atoms with E-state index >= 15 is 0 Å². The first kappa shape index (κ1) is 12.5. The van der Waals surface area contributed by atoms with E-state index in [4.69, 9.17) is 4.52 Å². The normalized spacial score (nSPS) is 10.4. The monoisotopic (exact) mass is 286 g/mol. The molecular weight excluding hydrogens is 276 g/mol. The van der Waals surface area contributed by atoms with Crippen LogP contribution in [0.15, 0.2) is 39.7 Å². The first-order valence-corrected chi connectivity index (χ1v) is 6.77. The molecule has 3 aromatic rings. The lowest BCUT2D eigenvalue weighted by Gasteiger charge is -2.06. The summed E-state index contributed by atoms with van der Waals surface area (Å²) in [6.07, 6.45) is 0. The Morgan fingerprint density at radius 3 is 2.90 bits per heavy atom. The first-order valence-electron chi connectivity index (χ1n) is 5.83. The van der Waals surface area contributed by atoms with Gasteiger partial charge in [0, 0.05) is 5.38 Å². The van der Waals surface area contributed by atoms with Crippen molar-refractivity contribution in [2.24, 2.45) is 0 Å². The van der Waals surface area contributed by atoms with Gasteiger partial charge < -0.3 is 9.84 Å². The van der Waals surface area contributed by atoms with Gasteiger partial charge in [-0.05, 0) is 19.1 Å². The third kappa shape index (κ3) is 2.43.